The van der Waals surface area contributed by atoms with Crippen LogP contribution >= 0.6 is 11.3 Å². The number of nitrogens with one attached hydrogen (secondary N) is 1. The van der Waals surface area contributed by atoms with Crippen molar-refractivity contribution >= 4 is 22.6 Å². The van der Waals surface area contributed by atoms with Crippen molar-refractivity contribution < 1.29 is 18.7 Å². The van der Waals surface area contributed by atoms with E-state index in [9.17, 15) is 9.18 Å². The van der Waals surface area contributed by atoms with Crippen LogP contribution in [-0.2, 0) is 11.3 Å². The molecule has 1 N–H and O–H groups in total. The van der Waals surface area contributed by atoms with Gasteiger partial charge in [0.05, 0.1) is 0 Å². The molecule has 0 bridgehead atoms. The summed E-state index contributed by atoms with van der Waals surface area (Å²) in [5.41, 5.74) is -0.580. The summed E-state index contributed by atoms with van der Waals surface area (Å²) in [6, 6.07) is 5.67. The molecule has 0 atom stereocenters. The Morgan fingerprint density at radius 1 is 1.27 bits per heavy atom. The van der Waals surface area contributed by atoms with E-state index in [0.717, 1.165) is 0 Å². The molecule has 1 aromatic carbocycles. The van der Waals surface area contributed by atoms with Crippen LogP contribution in [0.2, 0.25) is 0 Å². The van der Waals surface area contributed by atoms with Gasteiger partial charge in [-0.15, -0.1) is 10.2 Å². The Labute approximate surface area is 131 Å². The van der Waals surface area contributed by atoms with Crippen molar-refractivity contribution in [2.24, 2.45) is 0 Å². The van der Waals surface area contributed by atoms with Crippen LogP contribution in [0.15, 0.2) is 24.3 Å². The number of benzene rings is 1. The van der Waals surface area contributed by atoms with Crippen molar-refractivity contribution in [2.45, 2.75) is 33.0 Å². The zero-order valence-corrected chi connectivity index (χ0v) is 13.2. The van der Waals surface area contributed by atoms with Crippen LogP contribution in [0.4, 0.5) is 14.3 Å². The number of anilines is 1. The second kappa shape index (κ2) is 6.69. The Morgan fingerprint density at radius 3 is 2.59 bits per heavy atom. The summed E-state index contributed by atoms with van der Waals surface area (Å²) in [5, 5.41) is 11.1. The molecule has 118 valence electrons. The van der Waals surface area contributed by atoms with Gasteiger partial charge in [0.1, 0.15) is 23.8 Å². The van der Waals surface area contributed by atoms with Gasteiger partial charge < -0.3 is 9.47 Å². The molecular weight excluding hydrogens is 309 g/mol. The van der Waals surface area contributed by atoms with E-state index in [0.29, 0.717) is 15.9 Å². The smallest absolute Gasteiger partial charge is 0.414 e. The van der Waals surface area contributed by atoms with E-state index in [1.807, 2.05) is 0 Å². The van der Waals surface area contributed by atoms with Crippen LogP contribution in [0.5, 0.6) is 5.75 Å². The fraction of sp³-hybridized carbons (Fsp3) is 0.357. The molecule has 0 fully saturated rings. The van der Waals surface area contributed by atoms with E-state index in [-0.39, 0.29) is 12.4 Å². The Bertz CT molecular complexity index is 638. The lowest BCUT2D eigenvalue weighted by atomic mass is 10.2. The van der Waals surface area contributed by atoms with Crippen LogP contribution in [0.25, 0.3) is 0 Å². The van der Waals surface area contributed by atoms with E-state index in [4.69, 9.17) is 9.47 Å². The van der Waals surface area contributed by atoms with Gasteiger partial charge in [0, 0.05) is 0 Å². The van der Waals surface area contributed by atoms with E-state index in [1.54, 1.807) is 20.8 Å². The molecule has 22 heavy (non-hydrogen) atoms. The van der Waals surface area contributed by atoms with E-state index in [2.05, 4.69) is 15.5 Å². The van der Waals surface area contributed by atoms with Gasteiger partial charge in [-0.3, -0.25) is 5.32 Å². The fourth-order valence-corrected chi connectivity index (χ4v) is 2.07. The molecule has 0 spiro atoms. The highest BCUT2D eigenvalue weighted by Gasteiger charge is 2.17. The summed E-state index contributed by atoms with van der Waals surface area (Å²) in [4.78, 5) is 11.6. The molecule has 0 saturated carbocycles. The zero-order valence-electron chi connectivity index (χ0n) is 12.4. The number of carbonyl (C=O) groups excluding carboxylic acids is 1. The lowest BCUT2D eigenvalue weighted by molar-refractivity contribution is 0.0636. The van der Waals surface area contributed by atoms with Gasteiger partial charge in [-0.2, -0.15) is 0 Å². The third kappa shape index (κ3) is 5.28. The van der Waals surface area contributed by atoms with Crippen LogP contribution in [0.3, 0.4) is 0 Å². The second-order valence-electron chi connectivity index (χ2n) is 5.37. The van der Waals surface area contributed by atoms with Crippen LogP contribution in [-0.4, -0.2) is 21.9 Å². The maximum atomic E-state index is 12.8. The molecule has 0 radical (unpaired) electrons. The Hall–Kier alpha value is -2.22. The molecular formula is C14H16FN3O3S. The highest BCUT2D eigenvalue weighted by molar-refractivity contribution is 7.15. The molecule has 0 saturated heterocycles. The number of amides is 1. The Morgan fingerprint density at radius 2 is 1.95 bits per heavy atom. The minimum Gasteiger partial charge on any atom is -0.486 e. The highest BCUT2D eigenvalue weighted by atomic mass is 32.1. The first-order valence-corrected chi connectivity index (χ1v) is 7.34. The first-order valence-electron chi connectivity index (χ1n) is 6.52. The number of aromatic nitrogens is 2. The van der Waals surface area contributed by atoms with Crippen molar-refractivity contribution in [1.29, 1.82) is 0 Å². The van der Waals surface area contributed by atoms with Crippen LogP contribution in [0.1, 0.15) is 25.8 Å². The normalized spacial score (nSPS) is 11.1. The van der Waals surface area contributed by atoms with Gasteiger partial charge in [0.25, 0.3) is 0 Å². The zero-order chi connectivity index (χ0) is 16.2. The topological polar surface area (TPSA) is 73.3 Å². The summed E-state index contributed by atoms with van der Waals surface area (Å²) in [6.07, 6.45) is -0.588. The minimum atomic E-state index is -0.588. The number of hydrogen-bond donors (Lipinski definition) is 1. The summed E-state index contributed by atoms with van der Waals surface area (Å²) in [7, 11) is 0. The van der Waals surface area contributed by atoms with Crippen molar-refractivity contribution in [3.05, 3.63) is 35.1 Å². The average Bonchev–Trinajstić information content (AvgIpc) is 2.83. The summed E-state index contributed by atoms with van der Waals surface area (Å²) >= 11 is 1.18. The Kier molecular flexibility index (Phi) is 4.92. The van der Waals surface area contributed by atoms with Crippen LogP contribution < -0.4 is 10.1 Å². The molecule has 1 aromatic heterocycles. The lowest BCUT2D eigenvalue weighted by Crippen LogP contribution is -2.27. The van der Waals surface area contributed by atoms with E-state index >= 15 is 0 Å². The third-order valence-corrected chi connectivity index (χ3v) is 3.06. The third-order valence-electron chi connectivity index (χ3n) is 2.25. The maximum Gasteiger partial charge on any atom is 0.414 e. The number of nitrogens with zero attached hydrogens (tertiary/aromatic N) is 2. The van der Waals surface area contributed by atoms with Crippen molar-refractivity contribution in [3.8, 4) is 5.75 Å². The molecule has 1 amide bonds. The molecule has 2 aromatic rings. The molecule has 0 aliphatic heterocycles. The largest absolute Gasteiger partial charge is 0.486 e. The summed E-state index contributed by atoms with van der Waals surface area (Å²) < 4.78 is 23.3. The van der Waals surface area contributed by atoms with Crippen molar-refractivity contribution in [1.82, 2.24) is 10.2 Å². The Balaban J connectivity index is 1.86. The van der Waals surface area contributed by atoms with Gasteiger partial charge in [-0.1, -0.05) is 11.3 Å². The molecule has 1 heterocycles. The number of halogens is 1. The van der Waals surface area contributed by atoms with Crippen LogP contribution in [0, 0.1) is 5.82 Å². The molecule has 8 heteroatoms. The number of carbonyl (C=O) groups is 1. The SMILES string of the molecule is CC(C)(C)OC(=O)Nc1nnc(COc2ccc(F)cc2)s1. The molecule has 0 unspecified atom stereocenters. The first kappa shape index (κ1) is 16.2. The number of rotatable bonds is 4. The van der Waals surface area contributed by atoms with Gasteiger partial charge in [0.2, 0.25) is 5.13 Å². The lowest BCUT2D eigenvalue weighted by Gasteiger charge is -2.18. The summed E-state index contributed by atoms with van der Waals surface area (Å²) in [6.45, 7) is 5.50. The van der Waals surface area contributed by atoms with Gasteiger partial charge in [-0.05, 0) is 45.0 Å². The van der Waals surface area contributed by atoms with Crippen molar-refractivity contribution in [3.63, 3.8) is 0 Å². The highest BCUT2D eigenvalue weighted by Crippen LogP contribution is 2.19. The molecule has 2 rings (SSSR count). The minimum absolute atomic E-state index is 0.180. The molecule has 6 nitrogen and oxygen atoms in total. The quantitative estimate of drug-likeness (QED) is 0.929. The predicted molar refractivity (Wildman–Crippen MR) is 80.5 cm³/mol. The van der Waals surface area contributed by atoms with Gasteiger partial charge >= 0.3 is 6.09 Å². The monoisotopic (exact) mass is 325 g/mol. The maximum absolute atomic E-state index is 12.8. The molecule has 0 aliphatic rings. The van der Waals surface area contributed by atoms with Crippen molar-refractivity contribution in [2.75, 3.05) is 5.32 Å². The number of hydrogen-bond acceptors (Lipinski definition) is 6. The van der Waals surface area contributed by atoms with Gasteiger partial charge in [-0.25, -0.2) is 9.18 Å². The predicted octanol–water partition coefficient (Wildman–Crippen LogP) is 3.60. The average molecular weight is 325 g/mol. The first-order chi connectivity index (χ1) is 10.3. The molecule has 0 aliphatic carbocycles. The fourth-order valence-electron chi connectivity index (χ4n) is 1.43. The van der Waals surface area contributed by atoms with E-state index in [1.165, 1.54) is 35.6 Å². The summed E-state index contributed by atoms with van der Waals surface area (Å²) in [5.74, 6) is 0.199. The van der Waals surface area contributed by atoms with E-state index < -0.39 is 11.7 Å². The standard InChI is InChI=1S/C14H16FN3O3S/c1-14(2,3)21-13(19)16-12-18-17-11(22-12)8-20-10-6-4-9(15)5-7-10/h4-7H,8H2,1-3H3,(H,16,18,19). The van der Waals surface area contributed by atoms with Gasteiger partial charge in [0.15, 0.2) is 5.01 Å². The number of ether oxygens (including phenoxy) is 2. The second-order valence-corrected chi connectivity index (χ2v) is 6.43.